The molecule has 0 heterocycles. The van der Waals surface area contributed by atoms with Crippen LogP contribution in [0.4, 0.5) is 4.39 Å². The molecule has 0 aromatic heterocycles. The maximum absolute atomic E-state index is 13.4. The fourth-order valence-electron chi connectivity index (χ4n) is 2.84. The molecule has 0 radical (unpaired) electrons. The van der Waals surface area contributed by atoms with E-state index in [9.17, 15) is 23.9 Å². The van der Waals surface area contributed by atoms with Crippen molar-refractivity contribution in [1.82, 2.24) is 10.6 Å². The third-order valence-corrected chi connectivity index (χ3v) is 4.20. The largest absolute Gasteiger partial charge is 0.480 e. The van der Waals surface area contributed by atoms with E-state index < -0.39 is 35.7 Å². The van der Waals surface area contributed by atoms with E-state index >= 15 is 0 Å². The first-order valence-electron chi connectivity index (χ1n) is 8.94. The lowest BCUT2D eigenvalue weighted by molar-refractivity contribution is -0.142. The molecule has 2 amide bonds. The Morgan fingerprint density at radius 1 is 0.964 bits per heavy atom. The summed E-state index contributed by atoms with van der Waals surface area (Å²) >= 11 is 0. The Morgan fingerprint density at radius 3 is 2.25 bits per heavy atom. The van der Waals surface area contributed by atoms with Crippen LogP contribution in [0.2, 0.25) is 0 Å². The molecule has 0 aliphatic heterocycles. The Morgan fingerprint density at radius 2 is 1.64 bits per heavy atom. The predicted octanol–water partition coefficient (Wildman–Crippen LogP) is 2.08. The Labute approximate surface area is 162 Å². The normalized spacial score (nSPS) is 12.6. The second kappa shape index (κ2) is 10.2. The van der Waals surface area contributed by atoms with E-state index in [0.717, 1.165) is 5.56 Å². The van der Waals surface area contributed by atoms with Crippen molar-refractivity contribution < 1.29 is 23.9 Å². The van der Waals surface area contributed by atoms with Gasteiger partial charge in [-0.15, -0.1) is 0 Å². The van der Waals surface area contributed by atoms with Crippen LogP contribution in [0.3, 0.4) is 0 Å². The number of carbonyl (C=O) groups excluding carboxylic acids is 2. The molecular formula is C21H23FN2O4. The van der Waals surface area contributed by atoms with E-state index in [1.807, 2.05) is 30.3 Å². The van der Waals surface area contributed by atoms with E-state index in [4.69, 9.17) is 0 Å². The molecule has 0 aliphatic carbocycles. The number of carboxylic acids is 1. The number of benzene rings is 2. The van der Waals surface area contributed by atoms with Gasteiger partial charge in [0.15, 0.2) is 0 Å². The van der Waals surface area contributed by atoms with Crippen LogP contribution in [0.1, 0.15) is 24.5 Å². The van der Waals surface area contributed by atoms with Gasteiger partial charge in [0.05, 0.1) is 0 Å². The van der Waals surface area contributed by atoms with Crippen LogP contribution in [0.15, 0.2) is 54.6 Å². The third kappa shape index (κ3) is 6.83. The van der Waals surface area contributed by atoms with Crippen LogP contribution >= 0.6 is 0 Å². The zero-order valence-electron chi connectivity index (χ0n) is 15.5. The van der Waals surface area contributed by atoms with Crippen molar-refractivity contribution in [3.8, 4) is 0 Å². The Bertz CT molecular complexity index is 826. The quantitative estimate of drug-likeness (QED) is 0.615. The summed E-state index contributed by atoms with van der Waals surface area (Å²) in [6.45, 7) is 1.26. The lowest BCUT2D eigenvalue weighted by Gasteiger charge is -2.21. The number of halogens is 1. The minimum absolute atomic E-state index is 0.0498. The number of hydrogen-bond acceptors (Lipinski definition) is 3. The maximum atomic E-state index is 13.4. The van der Waals surface area contributed by atoms with Gasteiger partial charge in [-0.05, 0) is 36.1 Å². The molecule has 0 bridgehead atoms. The third-order valence-electron chi connectivity index (χ3n) is 4.20. The van der Waals surface area contributed by atoms with Crippen molar-refractivity contribution in [2.45, 2.75) is 38.3 Å². The molecule has 0 saturated heterocycles. The highest BCUT2D eigenvalue weighted by atomic mass is 19.1. The first-order chi connectivity index (χ1) is 13.3. The molecule has 0 saturated carbocycles. The minimum atomic E-state index is -1.16. The highest BCUT2D eigenvalue weighted by Gasteiger charge is 2.26. The average molecular weight is 386 g/mol. The van der Waals surface area contributed by atoms with Crippen molar-refractivity contribution in [3.63, 3.8) is 0 Å². The molecule has 0 unspecified atom stereocenters. The van der Waals surface area contributed by atoms with Gasteiger partial charge < -0.3 is 15.7 Å². The van der Waals surface area contributed by atoms with Gasteiger partial charge in [-0.25, -0.2) is 9.18 Å². The molecule has 6 nitrogen and oxygen atoms in total. The number of nitrogens with one attached hydrogen (secondary N) is 2. The number of carboxylic acid groups (broad SMARTS) is 1. The first kappa shape index (κ1) is 21.1. The summed E-state index contributed by atoms with van der Waals surface area (Å²) in [5.41, 5.74) is 1.48. The van der Waals surface area contributed by atoms with E-state index in [2.05, 4.69) is 10.6 Å². The van der Waals surface area contributed by atoms with Crippen molar-refractivity contribution in [1.29, 1.82) is 0 Å². The summed E-state index contributed by atoms with van der Waals surface area (Å²) in [7, 11) is 0. The maximum Gasteiger partial charge on any atom is 0.326 e. The van der Waals surface area contributed by atoms with Crippen LogP contribution in [-0.4, -0.2) is 35.0 Å². The molecule has 28 heavy (non-hydrogen) atoms. The summed E-state index contributed by atoms with van der Waals surface area (Å²) in [4.78, 5) is 35.6. The number of rotatable bonds is 9. The summed E-state index contributed by atoms with van der Waals surface area (Å²) < 4.78 is 13.4. The number of amides is 2. The molecule has 0 aliphatic rings. The topological polar surface area (TPSA) is 95.5 Å². The first-order valence-corrected chi connectivity index (χ1v) is 8.94. The number of hydrogen-bond donors (Lipinski definition) is 3. The SMILES string of the molecule is CC(=O)N[C@@H](Cc1cccc(F)c1)C(=O)N[C@@H](CCc1ccccc1)C(=O)O. The molecule has 2 rings (SSSR count). The number of carbonyl (C=O) groups is 3. The zero-order valence-corrected chi connectivity index (χ0v) is 15.5. The van der Waals surface area contributed by atoms with Gasteiger partial charge in [0.25, 0.3) is 0 Å². The molecule has 2 atom stereocenters. The van der Waals surface area contributed by atoms with Crippen LogP contribution < -0.4 is 10.6 Å². The molecule has 7 heteroatoms. The second-order valence-corrected chi connectivity index (χ2v) is 6.51. The molecule has 0 spiro atoms. The average Bonchev–Trinajstić information content (AvgIpc) is 2.64. The van der Waals surface area contributed by atoms with Crippen LogP contribution in [-0.2, 0) is 27.2 Å². The van der Waals surface area contributed by atoms with Gasteiger partial charge >= 0.3 is 5.97 Å². The van der Waals surface area contributed by atoms with Gasteiger partial charge in [-0.1, -0.05) is 42.5 Å². The fourth-order valence-corrected chi connectivity index (χ4v) is 2.84. The molecule has 2 aromatic carbocycles. The molecule has 0 fully saturated rings. The van der Waals surface area contributed by atoms with E-state index in [-0.39, 0.29) is 12.8 Å². The van der Waals surface area contributed by atoms with Gasteiger partial charge in [-0.2, -0.15) is 0 Å². The summed E-state index contributed by atoms with van der Waals surface area (Å²) in [6.07, 6.45) is 0.735. The molecular weight excluding hydrogens is 363 g/mol. The lowest BCUT2D eigenvalue weighted by atomic mass is 10.0. The van der Waals surface area contributed by atoms with Crippen molar-refractivity contribution >= 4 is 17.8 Å². The van der Waals surface area contributed by atoms with Crippen molar-refractivity contribution in [3.05, 3.63) is 71.5 Å². The summed E-state index contributed by atoms with van der Waals surface area (Å²) in [6, 6.07) is 12.9. The van der Waals surface area contributed by atoms with Gasteiger partial charge in [0.2, 0.25) is 11.8 Å². The Kier molecular flexibility index (Phi) is 7.68. The Balaban J connectivity index is 2.05. The number of aliphatic carboxylic acids is 1. The highest BCUT2D eigenvalue weighted by Crippen LogP contribution is 2.09. The van der Waals surface area contributed by atoms with Crippen LogP contribution in [0, 0.1) is 5.82 Å². The van der Waals surface area contributed by atoms with Gasteiger partial charge in [0, 0.05) is 13.3 Å². The monoisotopic (exact) mass is 386 g/mol. The van der Waals surface area contributed by atoms with E-state index in [1.54, 1.807) is 6.07 Å². The van der Waals surface area contributed by atoms with Crippen molar-refractivity contribution in [2.24, 2.45) is 0 Å². The predicted molar refractivity (Wildman–Crippen MR) is 102 cm³/mol. The smallest absolute Gasteiger partial charge is 0.326 e. The fraction of sp³-hybridized carbons (Fsp3) is 0.286. The minimum Gasteiger partial charge on any atom is -0.480 e. The number of aryl methyl sites for hydroxylation is 1. The van der Waals surface area contributed by atoms with Crippen LogP contribution in [0.5, 0.6) is 0 Å². The zero-order chi connectivity index (χ0) is 20.5. The summed E-state index contributed by atoms with van der Waals surface area (Å²) in [5, 5.41) is 14.4. The van der Waals surface area contributed by atoms with Crippen LogP contribution in [0.25, 0.3) is 0 Å². The summed E-state index contributed by atoms with van der Waals surface area (Å²) in [5.74, 6) is -2.67. The standard InChI is InChI=1S/C21H23FN2O4/c1-14(25)23-19(13-16-8-5-9-17(22)12-16)20(26)24-18(21(27)28)11-10-15-6-3-2-4-7-15/h2-9,12,18-19H,10-11,13H2,1H3,(H,23,25)(H,24,26)(H,27,28)/t18-,19-/m0/s1. The molecule has 148 valence electrons. The highest BCUT2D eigenvalue weighted by molar-refractivity contribution is 5.90. The van der Waals surface area contributed by atoms with Gasteiger partial charge in [-0.3, -0.25) is 9.59 Å². The second-order valence-electron chi connectivity index (χ2n) is 6.51. The van der Waals surface area contributed by atoms with E-state index in [0.29, 0.717) is 12.0 Å². The Hall–Kier alpha value is -3.22. The van der Waals surface area contributed by atoms with Crippen molar-refractivity contribution in [2.75, 3.05) is 0 Å². The van der Waals surface area contributed by atoms with Gasteiger partial charge in [0.1, 0.15) is 17.9 Å². The lowest BCUT2D eigenvalue weighted by Crippen LogP contribution is -2.52. The molecule has 2 aromatic rings. The molecule has 3 N–H and O–H groups in total. The van der Waals surface area contributed by atoms with E-state index in [1.165, 1.54) is 25.1 Å².